The van der Waals surface area contributed by atoms with Crippen LogP contribution in [-0.4, -0.2) is 40.8 Å². The van der Waals surface area contributed by atoms with Crippen LogP contribution >= 0.6 is 0 Å². The van der Waals surface area contributed by atoms with Crippen LogP contribution in [0.5, 0.6) is 5.75 Å². The first kappa shape index (κ1) is 20.8. The first-order valence-corrected chi connectivity index (χ1v) is 10.7. The summed E-state index contributed by atoms with van der Waals surface area (Å²) in [6, 6.07) is 21.1. The van der Waals surface area contributed by atoms with E-state index in [9.17, 15) is 9.59 Å². The second-order valence-electron chi connectivity index (χ2n) is 7.96. The zero-order chi connectivity index (χ0) is 21.6. The molecule has 0 spiro atoms. The molecule has 0 unspecified atom stereocenters. The normalized spacial score (nSPS) is 14.4. The Balaban J connectivity index is 1.39. The molecular weight excluding hydrogens is 390 g/mol. The van der Waals surface area contributed by atoms with Crippen LogP contribution < -0.4 is 10.3 Å². The number of amides is 1. The van der Waals surface area contributed by atoms with E-state index in [1.807, 2.05) is 35.2 Å². The number of likely N-dealkylation sites (tertiary alicyclic amines) is 1. The van der Waals surface area contributed by atoms with Crippen molar-refractivity contribution in [1.82, 2.24) is 14.7 Å². The third-order valence-electron chi connectivity index (χ3n) is 5.85. The SMILES string of the molecule is COc1cccc(-c2ccc(=O)n(CC(=O)N3CCC(Cc4ccccc4)CC3)n2)c1. The maximum absolute atomic E-state index is 12.8. The highest BCUT2D eigenvalue weighted by Crippen LogP contribution is 2.23. The average molecular weight is 418 g/mol. The molecule has 1 fully saturated rings. The molecule has 6 heteroatoms. The molecule has 2 heterocycles. The lowest BCUT2D eigenvalue weighted by atomic mass is 9.90. The number of hydrogen-bond donors (Lipinski definition) is 0. The number of aromatic nitrogens is 2. The van der Waals surface area contributed by atoms with Crippen LogP contribution in [0.15, 0.2) is 71.5 Å². The largest absolute Gasteiger partial charge is 0.497 e. The van der Waals surface area contributed by atoms with Gasteiger partial charge in [-0.05, 0) is 48.9 Å². The Labute approximate surface area is 182 Å². The number of benzene rings is 2. The quantitative estimate of drug-likeness (QED) is 0.617. The molecule has 0 aliphatic carbocycles. The van der Waals surface area contributed by atoms with Crippen LogP contribution in [0.25, 0.3) is 11.3 Å². The topological polar surface area (TPSA) is 64.4 Å². The van der Waals surface area contributed by atoms with Crippen LogP contribution in [0, 0.1) is 5.92 Å². The minimum Gasteiger partial charge on any atom is -0.497 e. The predicted molar refractivity (Wildman–Crippen MR) is 120 cm³/mol. The van der Waals surface area contributed by atoms with Crippen molar-refractivity contribution in [2.24, 2.45) is 5.92 Å². The molecule has 1 aromatic heterocycles. The van der Waals surface area contributed by atoms with Crippen LogP contribution in [0.1, 0.15) is 18.4 Å². The third-order valence-corrected chi connectivity index (χ3v) is 5.85. The van der Waals surface area contributed by atoms with Crippen molar-refractivity contribution in [2.45, 2.75) is 25.8 Å². The Morgan fingerprint density at radius 1 is 1.03 bits per heavy atom. The Hall–Kier alpha value is -3.41. The van der Waals surface area contributed by atoms with E-state index >= 15 is 0 Å². The van der Waals surface area contributed by atoms with Gasteiger partial charge in [-0.1, -0.05) is 42.5 Å². The molecule has 160 valence electrons. The summed E-state index contributed by atoms with van der Waals surface area (Å²) in [6.45, 7) is 1.40. The molecular formula is C25H27N3O3. The summed E-state index contributed by atoms with van der Waals surface area (Å²) in [4.78, 5) is 27.0. The van der Waals surface area contributed by atoms with Crippen molar-refractivity contribution >= 4 is 5.91 Å². The van der Waals surface area contributed by atoms with E-state index in [1.165, 1.54) is 16.3 Å². The second-order valence-corrected chi connectivity index (χ2v) is 7.96. The van der Waals surface area contributed by atoms with Crippen molar-refractivity contribution < 1.29 is 9.53 Å². The average Bonchev–Trinajstić information content (AvgIpc) is 2.81. The van der Waals surface area contributed by atoms with Gasteiger partial charge >= 0.3 is 0 Å². The van der Waals surface area contributed by atoms with Gasteiger partial charge in [0.25, 0.3) is 5.56 Å². The van der Waals surface area contributed by atoms with Crippen molar-refractivity contribution in [1.29, 1.82) is 0 Å². The first-order valence-electron chi connectivity index (χ1n) is 10.7. The number of ether oxygens (including phenoxy) is 1. The molecule has 4 rings (SSSR count). The minimum atomic E-state index is -0.279. The van der Waals surface area contributed by atoms with E-state index < -0.39 is 0 Å². The minimum absolute atomic E-state index is 0.0417. The van der Waals surface area contributed by atoms with Crippen LogP contribution in [0.3, 0.4) is 0 Å². The lowest BCUT2D eigenvalue weighted by Crippen LogP contribution is -2.42. The number of nitrogens with zero attached hydrogens (tertiary/aromatic N) is 3. The van der Waals surface area contributed by atoms with Crippen LogP contribution in [-0.2, 0) is 17.8 Å². The van der Waals surface area contributed by atoms with Crippen molar-refractivity contribution in [3.63, 3.8) is 0 Å². The fourth-order valence-electron chi connectivity index (χ4n) is 4.06. The summed E-state index contributed by atoms with van der Waals surface area (Å²) >= 11 is 0. The van der Waals surface area contributed by atoms with Gasteiger partial charge in [-0.25, -0.2) is 4.68 Å². The molecule has 0 bridgehead atoms. The second kappa shape index (κ2) is 9.60. The molecule has 1 aliphatic rings. The molecule has 31 heavy (non-hydrogen) atoms. The number of carbonyl (C=O) groups excluding carboxylic acids is 1. The highest BCUT2D eigenvalue weighted by molar-refractivity contribution is 5.76. The van der Waals surface area contributed by atoms with Gasteiger partial charge in [0, 0.05) is 24.7 Å². The lowest BCUT2D eigenvalue weighted by molar-refractivity contribution is -0.133. The first-order chi connectivity index (χ1) is 15.1. The summed E-state index contributed by atoms with van der Waals surface area (Å²) in [5.41, 5.74) is 2.53. The number of methoxy groups -OCH3 is 1. The van der Waals surface area contributed by atoms with Crippen LogP contribution in [0.4, 0.5) is 0 Å². The van der Waals surface area contributed by atoms with E-state index in [0.29, 0.717) is 17.4 Å². The molecule has 1 amide bonds. The summed E-state index contributed by atoms with van der Waals surface area (Å²) in [7, 11) is 1.61. The highest BCUT2D eigenvalue weighted by atomic mass is 16.5. The molecule has 0 atom stereocenters. The number of rotatable bonds is 6. The number of hydrogen-bond acceptors (Lipinski definition) is 4. The zero-order valence-electron chi connectivity index (χ0n) is 17.7. The van der Waals surface area contributed by atoms with E-state index in [4.69, 9.17) is 4.74 Å². The molecule has 0 radical (unpaired) electrons. The van der Waals surface area contributed by atoms with Crippen molar-refractivity contribution in [3.05, 3.63) is 82.6 Å². The lowest BCUT2D eigenvalue weighted by Gasteiger charge is -2.32. The summed E-state index contributed by atoms with van der Waals surface area (Å²) in [6.07, 6.45) is 3.01. The van der Waals surface area contributed by atoms with Gasteiger partial charge in [0.1, 0.15) is 12.3 Å². The predicted octanol–water partition coefficient (Wildman–Crippen LogP) is 3.40. The van der Waals surface area contributed by atoms with Gasteiger partial charge < -0.3 is 9.64 Å². The molecule has 0 saturated carbocycles. The van der Waals surface area contributed by atoms with E-state index in [1.54, 1.807) is 13.2 Å². The van der Waals surface area contributed by atoms with Crippen molar-refractivity contribution in [3.8, 4) is 17.0 Å². The van der Waals surface area contributed by atoms with E-state index in [-0.39, 0.29) is 18.0 Å². The molecule has 2 aromatic carbocycles. The fourth-order valence-corrected chi connectivity index (χ4v) is 4.06. The van der Waals surface area contributed by atoms with Gasteiger partial charge in [-0.2, -0.15) is 5.10 Å². The Bertz CT molecular complexity index is 1090. The monoisotopic (exact) mass is 417 g/mol. The van der Waals surface area contributed by atoms with Gasteiger partial charge in [-0.15, -0.1) is 0 Å². The molecule has 1 saturated heterocycles. The summed E-state index contributed by atoms with van der Waals surface area (Å²) in [5.74, 6) is 1.24. The van der Waals surface area contributed by atoms with Gasteiger partial charge in [0.15, 0.2) is 0 Å². The molecule has 6 nitrogen and oxygen atoms in total. The Kier molecular flexibility index (Phi) is 6.46. The van der Waals surface area contributed by atoms with E-state index in [0.717, 1.165) is 37.9 Å². The molecule has 1 aliphatic heterocycles. The maximum atomic E-state index is 12.8. The Morgan fingerprint density at radius 3 is 2.55 bits per heavy atom. The number of piperidine rings is 1. The van der Waals surface area contributed by atoms with Crippen molar-refractivity contribution in [2.75, 3.05) is 20.2 Å². The molecule has 3 aromatic rings. The van der Waals surface area contributed by atoms with Gasteiger partial charge in [0.2, 0.25) is 5.91 Å². The molecule has 0 N–H and O–H groups in total. The highest BCUT2D eigenvalue weighted by Gasteiger charge is 2.23. The van der Waals surface area contributed by atoms with E-state index in [2.05, 4.69) is 29.4 Å². The third kappa shape index (κ3) is 5.20. The Morgan fingerprint density at radius 2 is 1.81 bits per heavy atom. The maximum Gasteiger partial charge on any atom is 0.267 e. The fraction of sp³-hybridized carbons (Fsp3) is 0.320. The zero-order valence-corrected chi connectivity index (χ0v) is 17.7. The standard InChI is InChI=1S/C25H27N3O3/c1-31-22-9-5-8-21(17-22)23-10-11-24(29)28(26-23)18-25(30)27-14-12-20(13-15-27)16-19-6-3-2-4-7-19/h2-11,17,20H,12-16,18H2,1H3. The van der Waals surface area contributed by atoms with Crippen LogP contribution in [0.2, 0.25) is 0 Å². The van der Waals surface area contributed by atoms with Gasteiger partial charge in [0.05, 0.1) is 12.8 Å². The smallest absolute Gasteiger partial charge is 0.267 e. The number of carbonyl (C=O) groups is 1. The van der Waals surface area contributed by atoms with Gasteiger partial charge in [-0.3, -0.25) is 9.59 Å². The summed E-state index contributed by atoms with van der Waals surface area (Å²) in [5, 5.41) is 4.42. The summed E-state index contributed by atoms with van der Waals surface area (Å²) < 4.78 is 6.52.